The Kier molecular flexibility index (Phi) is 6.64. The molecule has 0 radical (unpaired) electrons. The minimum absolute atomic E-state index is 0.0784. The van der Waals surface area contributed by atoms with Gasteiger partial charge in [-0.25, -0.2) is 9.78 Å². The topological polar surface area (TPSA) is 158 Å². The smallest absolute Gasteiger partial charge is 0.353 e. The Labute approximate surface area is 207 Å². The molecule has 2 aliphatic rings. The molecular formula is C18H14IN5O5S3. The van der Waals surface area contributed by atoms with Crippen molar-refractivity contribution in [2.75, 3.05) is 11.5 Å². The molecule has 14 heteroatoms. The zero-order valence-corrected chi connectivity index (χ0v) is 20.5. The average molecular weight is 603 g/mol. The molecule has 166 valence electrons. The fraction of sp³-hybridized carbons (Fsp3) is 0.167. The zero-order chi connectivity index (χ0) is 23.0. The van der Waals surface area contributed by atoms with E-state index in [9.17, 15) is 24.7 Å². The summed E-state index contributed by atoms with van der Waals surface area (Å²) in [6.07, 6.45) is 0. The van der Waals surface area contributed by atoms with E-state index in [4.69, 9.17) is 5.73 Å². The van der Waals surface area contributed by atoms with Crippen LogP contribution in [-0.4, -0.2) is 60.9 Å². The number of halogens is 1. The molecule has 1 aromatic heterocycles. The van der Waals surface area contributed by atoms with Gasteiger partial charge in [0, 0.05) is 24.5 Å². The van der Waals surface area contributed by atoms with Gasteiger partial charge >= 0.3 is 5.97 Å². The minimum Gasteiger partial charge on any atom is -0.477 e. The normalized spacial score (nSPS) is 20.6. The first-order valence-electron chi connectivity index (χ1n) is 8.89. The lowest BCUT2D eigenvalue weighted by Crippen LogP contribution is -2.71. The number of rotatable bonds is 6. The average Bonchev–Trinajstić information content (AvgIpc) is 3.19. The largest absolute Gasteiger partial charge is 0.477 e. The maximum Gasteiger partial charge on any atom is 0.353 e. The highest BCUT2D eigenvalue weighted by atomic mass is 127. The van der Waals surface area contributed by atoms with E-state index in [-0.39, 0.29) is 22.2 Å². The Bertz CT molecular complexity index is 1180. The van der Waals surface area contributed by atoms with Gasteiger partial charge < -0.3 is 21.4 Å². The number of anilines is 1. The van der Waals surface area contributed by atoms with Crippen molar-refractivity contribution in [1.82, 2.24) is 15.2 Å². The number of carboxylic acid groups (broad SMARTS) is 1. The number of fused-ring (bicyclic) bond motifs is 1. The molecule has 3 heterocycles. The standard InChI is InChI=1S/C18H14IN5O5S3/c19-7-3-1-2-4-9(7)32-10-6-30-16-12(15(26)24(16)13(10)17(27)28)22-14(25)11(23-29)8-5-31-18(20)21-8/h1-5,12,16,29H,6H2,(H2,20,21)(H,22,25)(H,27,28)/b23-11+/t12-,16-/m1/s1. The number of hydrogen-bond acceptors (Lipinski definition) is 10. The van der Waals surface area contributed by atoms with Gasteiger partial charge in [0.2, 0.25) is 0 Å². The van der Waals surface area contributed by atoms with E-state index in [0.717, 1.165) is 19.8 Å². The fourth-order valence-corrected chi connectivity index (χ4v) is 6.91. The molecule has 32 heavy (non-hydrogen) atoms. The fourth-order valence-electron chi connectivity index (χ4n) is 3.15. The van der Waals surface area contributed by atoms with Gasteiger partial charge in [0.15, 0.2) is 10.8 Å². The van der Waals surface area contributed by atoms with Crippen LogP contribution in [0.1, 0.15) is 5.69 Å². The van der Waals surface area contributed by atoms with Gasteiger partial charge in [-0.15, -0.1) is 23.1 Å². The van der Waals surface area contributed by atoms with Gasteiger partial charge in [0.1, 0.15) is 22.8 Å². The number of carboxylic acids is 1. The van der Waals surface area contributed by atoms with E-state index in [1.165, 1.54) is 33.8 Å². The van der Waals surface area contributed by atoms with E-state index < -0.39 is 29.2 Å². The zero-order valence-electron chi connectivity index (χ0n) is 15.9. The van der Waals surface area contributed by atoms with E-state index in [1.807, 2.05) is 24.3 Å². The number of nitrogen functional groups attached to an aromatic ring is 1. The lowest BCUT2D eigenvalue weighted by atomic mass is 10.0. The van der Waals surface area contributed by atoms with Crippen molar-refractivity contribution >= 4 is 86.1 Å². The number of hydrogen-bond donors (Lipinski definition) is 4. The van der Waals surface area contributed by atoms with Crippen LogP contribution < -0.4 is 11.1 Å². The molecule has 0 aliphatic carbocycles. The molecule has 2 atom stereocenters. The molecule has 0 bridgehead atoms. The molecule has 5 N–H and O–H groups in total. The number of thioether (sulfide) groups is 2. The van der Waals surface area contributed by atoms with Gasteiger partial charge in [-0.2, -0.15) is 0 Å². The lowest BCUT2D eigenvalue weighted by molar-refractivity contribution is -0.150. The second-order valence-corrected chi connectivity index (χ2v) is 10.8. The Morgan fingerprint density at radius 2 is 2.12 bits per heavy atom. The second-order valence-electron chi connectivity index (χ2n) is 6.49. The number of benzene rings is 1. The van der Waals surface area contributed by atoms with Crippen molar-refractivity contribution < 1.29 is 24.7 Å². The van der Waals surface area contributed by atoms with Crippen LogP contribution in [0.25, 0.3) is 0 Å². The summed E-state index contributed by atoms with van der Waals surface area (Å²) in [6, 6.07) is 6.59. The third-order valence-electron chi connectivity index (χ3n) is 4.57. The summed E-state index contributed by atoms with van der Waals surface area (Å²) in [7, 11) is 0. The molecule has 2 aromatic rings. The summed E-state index contributed by atoms with van der Waals surface area (Å²) in [5.41, 5.74) is 5.16. The van der Waals surface area contributed by atoms with Crippen molar-refractivity contribution in [3.05, 3.63) is 49.5 Å². The number of β-lactam (4-membered cyclic amide) rings is 1. The second kappa shape index (κ2) is 9.29. The highest BCUT2D eigenvalue weighted by Gasteiger charge is 2.54. The number of nitrogens with two attached hydrogens (primary N) is 1. The quantitative estimate of drug-likeness (QED) is 0.127. The maximum atomic E-state index is 12.8. The van der Waals surface area contributed by atoms with Crippen molar-refractivity contribution in [1.29, 1.82) is 0 Å². The van der Waals surface area contributed by atoms with Gasteiger partial charge in [-0.05, 0) is 34.7 Å². The highest BCUT2D eigenvalue weighted by Crippen LogP contribution is 2.45. The van der Waals surface area contributed by atoms with Crippen LogP contribution in [0.3, 0.4) is 0 Å². The number of carbonyl (C=O) groups excluding carboxylic acids is 2. The van der Waals surface area contributed by atoms with Crippen LogP contribution >= 0.6 is 57.5 Å². The monoisotopic (exact) mass is 603 g/mol. The van der Waals surface area contributed by atoms with Crippen LogP contribution in [0, 0.1) is 3.57 Å². The molecule has 10 nitrogen and oxygen atoms in total. The first-order chi connectivity index (χ1) is 15.3. The summed E-state index contributed by atoms with van der Waals surface area (Å²) < 4.78 is 0.970. The van der Waals surface area contributed by atoms with Crippen molar-refractivity contribution in [2.45, 2.75) is 16.3 Å². The molecule has 0 unspecified atom stereocenters. The van der Waals surface area contributed by atoms with Crippen LogP contribution in [0.4, 0.5) is 5.13 Å². The van der Waals surface area contributed by atoms with Crippen molar-refractivity contribution in [3.63, 3.8) is 0 Å². The Balaban J connectivity index is 1.54. The number of oxime groups is 1. The number of carbonyl (C=O) groups is 3. The Morgan fingerprint density at radius 3 is 2.75 bits per heavy atom. The third-order valence-corrected chi connectivity index (χ3v) is 9.18. The Hall–Kier alpha value is -2.30. The molecule has 1 saturated heterocycles. The first-order valence-corrected chi connectivity index (χ1v) is 12.7. The first kappa shape index (κ1) is 22.9. The number of aromatic nitrogens is 1. The molecule has 1 aromatic carbocycles. The molecule has 0 spiro atoms. The number of aliphatic carboxylic acids is 1. The molecular weight excluding hydrogens is 589 g/mol. The van der Waals surface area contributed by atoms with Crippen molar-refractivity contribution in [3.8, 4) is 0 Å². The van der Waals surface area contributed by atoms with Crippen LogP contribution in [0.15, 0.2) is 50.3 Å². The van der Waals surface area contributed by atoms with Gasteiger partial charge in [-0.3, -0.25) is 14.5 Å². The Morgan fingerprint density at radius 1 is 1.38 bits per heavy atom. The number of nitrogens with one attached hydrogen (secondary N) is 1. The van der Waals surface area contributed by atoms with Gasteiger partial charge in [0.05, 0.1) is 0 Å². The summed E-state index contributed by atoms with van der Waals surface area (Å²) in [6.45, 7) is 0. The van der Waals surface area contributed by atoms with Crippen LogP contribution in [0.5, 0.6) is 0 Å². The van der Waals surface area contributed by atoms with Crippen LogP contribution in [0.2, 0.25) is 0 Å². The lowest BCUT2D eigenvalue weighted by Gasteiger charge is -2.49. The maximum absolute atomic E-state index is 12.8. The third kappa shape index (κ3) is 4.18. The van der Waals surface area contributed by atoms with E-state index in [2.05, 4.69) is 38.0 Å². The van der Waals surface area contributed by atoms with Gasteiger partial charge in [0.25, 0.3) is 11.8 Å². The minimum atomic E-state index is -1.21. The van der Waals surface area contributed by atoms with E-state index in [0.29, 0.717) is 10.7 Å². The highest BCUT2D eigenvalue weighted by molar-refractivity contribution is 14.1. The summed E-state index contributed by atoms with van der Waals surface area (Å²) in [5, 5.41) is 25.6. The summed E-state index contributed by atoms with van der Waals surface area (Å²) in [5.74, 6) is -2.21. The predicted molar refractivity (Wildman–Crippen MR) is 130 cm³/mol. The van der Waals surface area contributed by atoms with E-state index >= 15 is 0 Å². The molecule has 1 fully saturated rings. The molecule has 0 saturated carbocycles. The molecule has 2 amide bonds. The van der Waals surface area contributed by atoms with E-state index in [1.54, 1.807) is 0 Å². The number of nitrogens with zero attached hydrogens (tertiary/aromatic N) is 3. The molecule has 2 aliphatic heterocycles. The summed E-state index contributed by atoms with van der Waals surface area (Å²) >= 11 is 5.90. The number of thiazole rings is 1. The van der Waals surface area contributed by atoms with Crippen LogP contribution in [-0.2, 0) is 14.4 Å². The predicted octanol–water partition coefficient (Wildman–Crippen LogP) is 2.00. The summed E-state index contributed by atoms with van der Waals surface area (Å²) in [4.78, 5) is 43.9. The number of amides is 2. The van der Waals surface area contributed by atoms with Crippen molar-refractivity contribution in [2.24, 2.45) is 5.16 Å². The van der Waals surface area contributed by atoms with Gasteiger partial charge in [-0.1, -0.05) is 29.1 Å². The SMILES string of the molecule is Nc1nc(/C(=N\O)C(=O)N[C@@H]2C(=O)N3C(C(=O)O)=C(Sc4ccccc4I)CS[C@H]23)cs1. The molecule has 4 rings (SSSR count).